The monoisotopic (exact) mass is 291 g/mol. The topological polar surface area (TPSA) is 84.2 Å². The average Bonchev–Trinajstić information content (AvgIpc) is 2.44. The van der Waals surface area contributed by atoms with Crippen molar-refractivity contribution in [2.75, 3.05) is 0 Å². The number of nitrogens with one attached hydrogen (secondary N) is 2. The first-order chi connectivity index (χ1) is 9.93. The maximum Gasteiger partial charge on any atom is 0.315 e. The normalized spacial score (nSPS) is 11.8. The number of aryl methyl sites for hydroxylation is 2. The Morgan fingerprint density at radius 3 is 2.62 bits per heavy atom. The molecule has 0 aromatic heterocycles. The number of hydrogen-bond donors (Lipinski definition) is 3. The van der Waals surface area contributed by atoms with Gasteiger partial charge in [-0.3, -0.25) is 4.79 Å². The molecule has 0 unspecified atom stereocenters. The van der Waals surface area contributed by atoms with Crippen molar-refractivity contribution in [3.63, 3.8) is 0 Å². The van der Waals surface area contributed by atoms with Crippen molar-refractivity contribution in [1.82, 2.24) is 10.6 Å². The van der Waals surface area contributed by atoms with Crippen molar-refractivity contribution in [3.8, 4) is 0 Å². The highest BCUT2D eigenvalue weighted by Gasteiger charge is 2.17. The van der Waals surface area contributed by atoms with Crippen LogP contribution in [0.25, 0.3) is 0 Å². The fraction of sp³-hybridized carbons (Fsp3) is 0.500. The van der Waals surface area contributed by atoms with E-state index in [1.165, 1.54) is 0 Å². The maximum absolute atomic E-state index is 11.9. The van der Waals surface area contributed by atoms with Gasteiger partial charge in [0.15, 0.2) is 0 Å². The number of hydrogen-bond acceptors (Lipinski definition) is 2. The summed E-state index contributed by atoms with van der Waals surface area (Å²) < 4.78 is 0. The van der Waals surface area contributed by atoms with Gasteiger partial charge in [0.2, 0.25) is 5.91 Å². The summed E-state index contributed by atoms with van der Waals surface area (Å²) in [4.78, 5) is 23.2. The van der Waals surface area contributed by atoms with Crippen LogP contribution in [0.4, 0.5) is 4.79 Å². The Labute approximate surface area is 126 Å². The molecule has 0 saturated carbocycles. The molecule has 1 atom stereocenters. The van der Waals surface area contributed by atoms with E-state index in [4.69, 9.17) is 5.73 Å². The van der Waals surface area contributed by atoms with Gasteiger partial charge in [0.1, 0.15) is 6.04 Å². The molecule has 0 heterocycles. The molecule has 5 nitrogen and oxygen atoms in total. The molecule has 0 saturated heterocycles. The van der Waals surface area contributed by atoms with Crippen LogP contribution in [-0.4, -0.2) is 18.0 Å². The molecule has 5 heteroatoms. The van der Waals surface area contributed by atoms with Gasteiger partial charge in [0.05, 0.1) is 0 Å². The van der Waals surface area contributed by atoms with Crippen LogP contribution >= 0.6 is 0 Å². The van der Waals surface area contributed by atoms with Crippen LogP contribution in [0.2, 0.25) is 0 Å². The van der Waals surface area contributed by atoms with E-state index in [9.17, 15) is 9.59 Å². The van der Waals surface area contributed by atoms with E-state index >= 15 is 0 Å². The van der Waals surface area contributed by atoms with Crippen molar-refractivity contribution in [2.45, 2.75) is 52.6 Å². The maximum atomic E-state index is 11.9. The predicted molar refractivity (Wildman–Crippen MR) is 83.8 cm³/mol. The zero-order chi connectivity index (χ0) is 15.8. The number of rotatable bonds is 7. The van der Waals surface area contributed by atoms with Gasteiger partial charge in [0.25, 0.3) is 0 Å². The first kappa shape index (κ1) is 17.0. The second-order valence-electron chi connectivity index (χ2n) is 5.35. The highest BCUT2D eigenvalue weighted by molar-refractivity contribution is 5.85. The van der Waals surface area contributed by atoms with Crippen LogP contribution in [0.3, 0.4) is 0 Å². The van der Waals surface area contributed by atoms with Crippen molar-refractivity contribution in [3.05, 3.63) is 34.9 Å². The minimum atomic E-state index is -0.608. The van der Waals surface area contributed by atoms with Crippen LogP contribution in [0.15, 0.2) is 18.2 Å². The zero-order valence-electron chi connectivity index (χ0n) is 13.0. The molecule has 116 valence electrons. The molecule has 0 aliphatic rings. The molecule has 0 fully saturated rings. The molecule has 1 aromatic rings. The summed E-state index contributed by atoms with van der Waals surface area (Å²) in [7, 11) is 0. The molecule has 1 rings (SSSR count). The van der Waals surface area contributed by atoms with E-state index in [1.807, 2.05) is 39.0 Å². The number of urea groups is 1. The summed E-state index contributed by atoms with van der Waals surface area (Å²) in [6.07, 6.45) is 2.38. The molecular formula is C16H25N3O2. The van der Waals surface area contributed by atoms with Crippen molar-refractivity contribution in [2.24, 2.45) is 5.73 Å². The Hall–Kier alpha value is -2.04. The SMILES string of the molecule is CCCC[C@H](NC(=O)NCc1cc(C)ccc1C)C(N)=O. The summed E-state index contributed by atoms with van der Waals surface area (Å²) in [5.41, 5.74) is 8.63. The lowest BCUT2D eigenvalue weighted by Crippen LogP contribution is -2.48. The van der Waals surface area contributed by atoms with E-state index in [1.54, 1.807) is 0 Å². The number of nitrogens with two attached hydrogens (primary N) is 1. The van der Waals surface area contributed by atoms with E-state index < -0.39 is 11.9 Å². The van der Waals surface area contributed by atoms with Crippen LogP contribution in [0, 0.1) is 13.8 Å². The first-order valence-corrected chi connectivity index (χ1v) is 7.33. The standard InChI is InChI=1S/C16H25N3O2/c1-4-5-6-14(15(17)20)19-16(21)18-10-13-9-11(2)7-8-12(13)3/h7-9,14H,4-6,10H2,1-3H3,(H2,17,20)(H2,18,19,21)/t14-/m0/s1. The molecule has 0 aliphatic carbocycles. The van der Waals surface area contributed by atoms with Crippen LogP contribution in [0.5, 0.6) is 0 Å². The lowest BCUT2D eigenvalue weighted by molar-refractivity contribution is -0.119. The first-order valence-electron chi connectivity index (χ1n) is 7.33. The number of primary amides is 1. The predicted octanol–water partition coefficient (Wildman–Crippen LogP) is 2.15. The Morgan fingerprint density at radius 1 is 1.29 bits per heavy atom. The fourth-order valence-corrected chi connectivity index (χ4v) is 2.07. The lowest BCUT2D eigenvalue weighted by Gasteiger charge is -2.16. The smallest absolute Gasteiger partial charge is 0.315 e. The number of carbonyl (C=O) groups is 2. The second kappa shape index (κ2) is 8.29. The Morgan fingerprint density at radius 2 is 2.00 bits per heavy atom. The highest BCUT2D eigenvalue weighted by Crippen LogP contribution is 2.10. The molecule has 3 amide bonds. The summed E-state index contributed by atoms with van der Waals surface area (Å²) >= 11 is 0. The second-order valence-corrected chi connectivity index (χ2v) is 5.35. The van der Waals surface area contributed by atoms with Crippen LogP contribution in [-0.2, 0) is 11.3 Å². The van der Waals surface area contributed by atoms with E-state index in [-0.39, 0.29) is 6.03 Å². The van der Waals surface area contributed by atoms with E-state index in [2.05, 4.69) is 10.6 Å². The summed E-state index contributed by atoms with van der Waals surface area (Å²) in [6.45, 7) is 6.47. The molecule has 0 spiro atoms. The quantitative estimate of drug-likeness (QED) is 0.719. The van der Waals surface area contributed by atoms with Crippen LogP contribution < -0.4 is 16.4 Å². The molecule has 0 aliphatic heterocycles. The molecular weight excluding hydrogens is 266 g/mol. The molecule has 0 bridgehead atoms. The van der Waals surface area contributed by atoms with Gasteiger partial charge in [-0.25, -0.2) is 4.79 Å². The van der Waals surface area contributed by atoms with Gasteiger partial charge in [-0.15, -0.1) is 0 Å². The van der Waals surface area contributed by atoms with Gasteiger partial charge in [-0.2, -0.15) is 0 Å². The number of carbonyl (C=O) groups excluding carboxylic acids is 2. The Kier molecular flexibility index (Phi) is 6.72. The van der Waals surface area contributed by atoms with Gasteiger partial charge in [0, 0.05) is 6.54 Å². The van der Waals surface area contributed by atoms with Gasteiger partial charge >= 0.3 is 6.03 Å². The summed E-state index contributed by atoms with van der Waals surface area (Å²) in [5, 5.41) is 5.40. The lowest BCUT2D eigenvalue weighted by atomic mass is 10.1. The third-order valence-electron chi connectivity index (χ3n) is 3.44. The third-order valence-corrected chi connectivity index (χ3v) is 3.44. The minimum Gasteiger partial charge on any atom is -0.368 e. The molecule has 21 heavy (non-hydrogen) atoms. The molecule has 4 N–H and O–H groups in total. The van der Waals surface area contributed by atoms with Gasteiger partial charge in [-0.1, -0.05) is 43.5 Å². The Bertz CT molecular complexity index is 500. The highest BCUT2D eigenvalue weighted by atomic mass is 16.2. The number of amides is 3. The largest absolute Gasteiger partial charge is 0.368 e. The third kappa shape index (κ3) is 5.85. The van der Waals surface area contributed by atoms with Crippen molar-refractivity contribution < 1.29 is 9.59 Å². The number of unbranched alkanes of at least 4 members (excludes halogenated alkanes) is 1. The molecule has 1 aromatic carbocycles. The van der Waals surface area contributed by atoms with E-state index in [0.717, 1.165) is 29.5 Å². The van der Waals surface area contributed by atoms with E-state index in [0.29, 0.717) is 13.0 Å². The number of benzene rings is 1. The van der Waals surface area contributed by atoms with Crippen LogP contribution in [0.1, 0.15) is 42.9 Å². The minimum absolute atomic E-state index is 0.365. The van der Waals surface area contributed by atoms with Gasteiger partial charge < -0.3 is 16.4 Å². The van der Waals surface area contributed by atoms with Crippen molar-refractivity contribution >= 4 is 11.9 Å². The van der Waals surface area contributed by atoms with Gasteiger partial charge in [-0.05, 0) is 31.4 Å². The fourth-order valence-electron chi connectivity index (χ4n) is 2.07. The average molecular weight is 291 g/mol. The molecule has 0 radical (unpaired) electrons. The Balaban J connectivity index is 2.52. The van der Waals surface area contributed by atoms with Crippen molar-refractivity contribution in [1.29, 1.82) is 0 Å². The summed E-state index contributed by atoms with van der Waals surface area (Å²) in [5.74, 6) is -0.495. The summed E-state index contributed by atoms with van der Waals surface area (Å²) in [6, 6.07) is 5.13. The zero-order valence-corrected chi connectivity index (χ0v) is 13.0.